The van der Waals surface area contributed by atoms with E-state index in [1.54, 1.807) is 31.2 Å². The summed E-state index contributed by atoms with van der Waals surface area (Å²) in [6, 6.07) is 18.2. The van der Waals surface area contributed by atoms with E-state index in [2.05, 4.69) is 4.98 Å². The van der Waals surface area contributed by atoms with E-state index >= 15 is 0 Å². The first-order valence-corrected chi connectivity index (χ1v) is 11.7. The number of piperidine rings is 1. The maximum atomic E-state index is 13.9. The molecule has 1 aliphatic rings. The van der Waals surface area contributed by atoms with E-state index in [1.165, 1.54) is 4.31 Å². The number of hydrogen-bond donors (Lipinski definition) is 1. The molecule has 2 aromatic carbocycles. The molecule has 1 aliphatic heterocycles. The highest BCUT2D eigenvalue weighted by atomic mass is 32.2. The van der Waals surface area contributed by atoms with Crippen molar-refractivity contribution in [3.8, 4) is 0 Å². The van der Waals surface area contributed by atoms with Crippen LogP contribution in [0.2, 0.25) is 6.82 Å². The van der Waals surface area contributed by atoms with Crippen LogP contribution in [0.1, 0.15) is 12.8 Å². The molecule has 2 heterocycles. The zero-order valence-corrected chi connectivity index (χ0v) is 17.9. The molecule has 156 valence electrons. The summed E-state index contributed by atoms with van der Waals surface area (Å²) in [5, 5.41) is 10.8. The molecule has 8 heteroatoms. The van der Waals surface area contributed by atoms with Gasteiger partial charge in [0, 0.05) is 18.1 Å². The van der Waals surface area contributed by atoms with Crippen LogP contribution in [0.4, 0.5) is 5.69 Å². The number of anilines is 1. The van der Waals surface area contributed by atoms with Crippen LogP contribution in [0.25, 0.3) is 10.9 Å². The van der Waals surface area contributed by atoms with Crippen molar-refractivity contribution in [2.24, 2.45) is 5.92 Å². The van der Waals surface area contributed by atoms with Crippen LogP contribution >= 0.6 is 0 Å². The minimum atomic E-state index is -3.83. The highest BCUT2D eigenvalue weighted by molar-refractivity contribution is 7.93. The summed E-state index contributed by atoms with van der Waals surface area (Å²) < 4.78 is 29.2. The van der Waals surface area contributed by atoms with Gasteiger partial charge in [-0.05, 0) is 62.9 Å². The minimum absolute atomic E-state index is 0.131. The average molecular weight is 423 g/mol. The molecule has 1 unspecified atom stereocenters. The van der Waals surface area contributed by atoms with Gasteiger partial charge in [-0.25, -0.2) is 8.42 Å². The molecule has 1 fully saturated rings. The summed E-state index contributed by atoms with van der Waals surface area (Å²) in [5.74, 6) is 0.131. The van der Waals surface area contributed by atoms with Gasteiger partial charge in [0.25, 0.3) is 10.0 Å². The smallest absolute Gasteiger partial charge is 0.376 e. The SMILES string of the molecule is CB(O)N1CCCC(CN(c2ccccc2)S(=O)(=O)c2cccc3cccnc23)C1. The molecular weight excluding hydrogens is 397 g/mol. The minimum Gasteiger partial charge on any atom is -0.437 e. The molecule has 6 nitrogen and oxygen atoms in total. The number of aromatic nitrogens is 1. The second-order valence-electron chi connectivity index (χ2n) is 7.84. The predicted octanol–water partition coefficient (Wildman–Crippen LogP) is 3.25. The predicted molar refractivity (Wildman–Crippen MR) is 121 cm³/mol. The van der Waals surface area contributed by atoms with Crippen molar-refractivity contribution >= 4 is 33.7 Å². The van der Waals surface area contributed by atoms with Gasteiger partial charge in [-0.2, -0.15) is 0 Å². The number of nitrogens with zero attached hydrogens (tertiary/aromatic N) is 3. The molecule has 1 atom stereocenters. The van der Waals surface area contributed by atoms with Crippen LogP contribution in [0.15, 0.2) is 71.8 Å². The summed E-state index contributed by atoms with van der Waals surface area (Å²) in [6.45, 7) is 3.62. The summed E-state index contributed by atoms with van der Waals surface area (Å²) in [7, 11) is -4.36. The second kappa shape index (κ2) is 8.75. The fraction of sp³-hybridized carbons (Fsp3) is 0.318. The Hall–Kier alpha value is -2.42. The van der Waals surface area contributed by atoms with Crippen molar-refractivity contribution in [1.29, 1.82) is 0 Å². The van der Waals surface area contributed by atoms with Gasteiger partial charge in [0.05, 0.1) is 11.2 Å². The lowest BCUT2D eigenvalue weighted by atomic mass is 9.80. The highest BCUT2D eigenvalue weighted by Gasteiger charge is 2.32. The number of rotatable bonds is 6. The maximum Gasteiger partial charge on any atom is 0.376 e. The fourth-order valence-corrected chi connectivity index (χ4v) is 5.87. The zero-order chi connectivity index (χ0) is 21.1. The first-order chi connectivity index (χ1) is 14.5. The zero-order valence-electron chi connectivity index (χ0n) is 17.1. The van der Waals surface area contributed by atoms with Crippen LogP contribution in [0.3, 0.4) is 0 Å². The monoisotopic (exact) mass is 423 g/mol. The lowest BCUT2D eigenvalue weighted by Gasteiger charge is -2.36. The molecule has 0 saturated carbocycles. The normalized spacial score (nSPS) is 17.7. The van der Waals surface area contributed by atoms with Gasteiger partial charge in [-0.3, -0.25) is 9.29 Å². The molecule has 1 aromatic heterocycles. The van der Waals surface area contributed by atoms with Crippen LogP contribution in [-0.4, -0.2) is 49.9 Å². The van der Waals surface area contributed by atoms with Crippen molar-refractivity contribution in [3.63, 3.8) is 0 Å². The standard InChI is InChI=1S/C22H26BN3O3S/c1-23(27)25-15-7-8-18(16-25)17-26(20-11-3-2-4-12-20)30(28,29)21-13-5-9-19-10-6-14-24-22(19)21/h2-6,9-14,18,27H,7-8,15-17H2,1H3. The molecule has 1 saturated heterocycles. The Bertz CT molecular complexity index is 1100. The van der Waals surface area contributed by atoms with Crippen molar-refractivity contribution in [1.82, 2.24) is 9.79 Å². The van der Waals surface area contributed by atoms with E-state index in [0.717, 1.165) is 24.8 Å². The molecule has 0 radical (unpaired) electrons. The largest absolute Gasteiger partial charge is 0.437 e. The first kappa shape index (κ1) is 20.8. The third-order valence-electron chi connectivity index (χ3n) is 5.71. The van der Waals surface area contributed by atoms with Gasteiger partial charge >= 0.3 is 7.05 Å². The molecule has 3 aromatic rings. The Morgan fingerprint density at radius 1 is 1.13 bits per heavy atom. The van der Waals surface area contributed by atoms with Crippen molar-refractivity contribution in [2.75, 3.05) is 23.9 Å². The molecular formula is C22H26BN3O3S. The third kappa shape index (κ3) is 4.21. The Morgan fingerprint density at radius 3 is 2.67 bits per heavy atom. The fourth-order valence-electron chi connectivity index (χ4n) is 4.16. The number of para-hydroxylation sites is 2. The number of sulfonamides is 1. The van der Waals surface area contributed by atoms with E-state index in [4.69, 9.17) is 0 Å². The van der Waals surface area contributed by atoms with Gasteiger partial charge < -0.3 is 9.83 Å². The Balaban J connectivity index is 1.74. The Kier molecular flexibility index (Phi) is 6.08. The van der Waals surface area contributed by atoms with E-state index < -0.39 is 17.1 Å². The Morgan fingerprint density at radius 2 is 1.90 bits per heavy atom. The summed E-state index contributed by atoms with van der Waals surface area (Å²) >= 11 is 0. The topological polar surface area (TPSA) is 73.7 Å². The van der Waals surface area contributed by atoms with Gasteiger partial charge in [0.2, 0.25) is 0 Å². The van der Waals surface area contributed by atoms with Crippen LogP contribution in [0.5, 0.6) is 0 Å². The molecule has 1 N–H and O–H groups in total. The molecule has 0 bridgehead atoms. The van der Waals surface area contributed by atoms with Crippen LogP contribution in [0, 0.1) is 5.92 Å². The van der Waals surface area contributed by atoms with Crippen molar-refractivity contribution < 1.29 is 13.4 Å². The van der Waals surface area contributed by atoms with E-state index in [0.29, 0.717) is 24.3 Å². The van der Waals surface area contributed by atoms with Crippen molar-refractivity contribution in [2.45, 2.75) is 24.6 Å². The Labute approximate surface area is 178 Å². The number of hydrogen-bond acceptors (Lipinski definition) is 5. The molecule has 4 rings (SSSR count). The van der Waals surface area contributed by atoms with Gasteiger partial charge in [-0.15, -0.1) is 0 Å². The quantitative estimate of drug-likeness (QED) is 0.617. The van der Waals surface area contributed by atoms with Gasteiger partial charge in [0.1, 0.15) is 4.90 Å². The summed E-state index contributed by atoms with van der Waals surface area (Å²) in [4.78, 5) is 6.58. The van der Waals surface area contributed by atoms with Gasteiger partial charge in [-0.1, -0.05) is 36.4 Å². The first-order valence-electron chi connectivity index (χ1n) is 10.3. The van der Waals surface area contributed by atoms with E-state index in [9.17, 15) is 13.4 Å². The number of fused-ring (bicyclic) bond motifs is 1. The highest BCUT2D eigenvalue weighted by Crippen LogP contribution is 2.30. The molecule has 0 aliphatic carbocycles. The molecule has 0 amide bonds. The maximum absolute atomic E-state index is 13.9. The van der Waals surface area contributed by atoms with E-state index in [1.807, 2.05) is 47.3 Å². The average Bonchev–Trinajstić information content (AvgIpc) is 2.77. The van der Waals surface area contributed by atoms with Gasteiger partial charge in [0.15, 0.2) is 0 Å². The molecule has 30 heavy (non-hydrogen) atoms. The summed E-state index contributed by atoms with van der Waals surface area (Å²) in [6.07, 6.45) is 3.49. The van der Waals surface area contributed by atoms with E-state index in [-0.39, 0.29) is 10.8 Å². The van der Waals surface area contributed by atoms with Crippen molar-refractivity contribution in [3.05, 3.63) is 66.9 Å². The summed E-state index contributed by atoms with van der Waals surface area (Å²) in [5.41, 5.74) is 1.12. The lowest BCUT2D eigenvalue weighted by Crippen LogP contribution is -2.47. The number of benzene rings is 2. The van der Waals surface area contributed by atoms with Crippen LogP contribution < -0.4 is 4.31 Å². The lowest BCUT2D eigenvalue weighted by molar-refractivity contribution is 0.247. The third-order valence-corrected chi connectivity index (χ3v) is 7.54. The van der Waals surface area contributed by atoms with Crippen LogP contribution in [-0.2, 0) is 10.0 Å². The molecule has 0 spiro atoms. The second-order valence-corrected chi connectivity index (χ2v) is 9.67. The number of pyridine rings is 1.